The minimum atomic E-state index is -0.107. The van der Waals surface area contributed by atoms with Gasteiger partial charge in [0.25, 0.3) is 0 Å². The summed E-state index contributed by atoms with van der Waals surface area (Å²) in [7, 11) is 0. The Morgan fingerprint density at radius 3 is 1.76 bits per heavy atom. The molecule has 0 fully saturated rings. The highest BCUT2D eigenvalue weighted by Gasteiger charge is 2.26. The zero-order valence-electron chi connectivity index (χ0n) is 15.8. The zero-order valence-corrected chi connectivity index (χ0v) is 15.8. The fourth-order valence-electron chi connectivity index (χ4n) is 1.66. The molecule has 0 aromatic carbocycles. The minimum Gasteiger partial charge on any atom is -0.379 e. The molecule has 0 rings (SSSR count). The van der Waals surface area contributed by atoms with Crippen LogP contribution in [0.4, 0.5) is 0 Å². The lowest BCUT2D eigenvalue weighted by molar-refractivity contribution is -0.101. The van der Waals surface area contributed by atoms with Crippen molar-refractivity contribution in [1.29, 1.82) is 0 Å². The zero-order chi connectivity index (χ0) is 16.7. The van der Waals surface area contributed by atoms with Crippen molar-refractivity contribution in [3.63, 3.8) is 0 Å². The van der Waals surface area contributed by atoms with Gasteiger partial charge in [-0.15, -0.1) is 0 Å². The van der Waals surface area contributed by atoms with E-state index < -0.39 is 0 Å². The second-order valence-electron chi connectivity index (χ2n) is 9.07. The number of hydrogen-bond donors (Lipinski definition) is 0. The van der Waals surface area contributed by atoms with Gasteiger partial charge in [0.05, 0.1) is 31.5 Å². The molecule has 0 heterocycles. The van der Waals surface area contributed by atoms with Gasteiger partial charge < -0.3 is 14.2 Å². The fourth-order valence-corrected chi connectivity index (χ4v) is 1.66. The average molecular weight is 302 g/mol. The smallest absolute Gasteiger partial charge is 0.0857 e. The predicted octanol–water partition coefficient (Wildman–Crippen LogP) is 4.69. The van der Waals surface area contributed by atoms with Crippen molar-refractivity contribution in [2.45, 2.75) is 80.4 Å². The van der Waals surface area contributed by atoms with Crippen molar-refractivity contribution in [2.75, 3.05) is 26.4 Å². The SMILES string of the molecule is CC(C)(C)CCOCC(OCCOC(C)(C)C)C(C)(C)C. The first kappa shape index (κ1) is 20.9. The first-order valence-corrected chi connectivity index (χ1v) is 8.15. The van der Waals surface area contributed by atoms with Gasteiger partial charge in [0.1, 0.15) is 0 Å². The number of ether oxygens (including phenoxy) is 3. The van der Waals surface area contributed by atoms with Crippen molar-refractivity contribution >= 4 is 0 Å². The predicted molar refractivity (Wildman–Crippen MR) is 89.8 cm³/mol. The van der Waals surface area contributed by atoms with Crippen LogP contribution in [0.5, 0.6) is 0 Å². The van der Waals surface area contributed by atoms with Crippen molar-refractivity contribution < 1.29 is 14.2 Å². The van der Waals surface area contributed by atoms with Gasteiger partial charge in [-0.05, 0) is 38.0 Å². The second-order valence-corrected chi connectivity index (χ2v) is 9.07. The van der Waals surface area contributed by atoms with Crippen LogP contribution in [0.2, 0.25) is 0 Å². The highest BCUT2D eigenvalue weighted by molar-refractivity contribution is 4.74. The maximum absolute atomic E-state index is 5.98. The summed E-state index contributed by atoms with van der Waals surface area (Å²) in [5, 5.41) is 0. The highest BCUT2D eigenvalue weighted by Crippen LogP contribution is 2.24. The van der Waals surface area contributed by atoms with E-state index in [0.29, 0.717) is 25.2 Å². The molecule has 128 valence electrons. The number of hydrogen-bond acceptors (Lipinski definition) is 3. The van der Waals surface area contributed by atoms with Gasteiger partial charge >= 0.3 is 0 Å². The lowest BCUT2D eigenvalue weighted by atomic mass is 9.89. The summed E-state index contributed by atoms with van der Waals surface area (Å²) in [5.74, 6) is 0. The van der Waals surface area contributed by atoms with Crippen molar-refractivity contribution in [3.05, 3.63) is 0 Å². The van der Waals surface area contributed by atoms with Crippen LogP contribution < -0.4 is 0 Å². The molecule has 0 bridgehead atoms. The van der Waals surface area contributed by atoms with Gasteiger partial charge in [-0.2, -0.15) is 0 Å². The van der Waals surface area contributed by atoms with Gasteiger partial charge in [-0.3, -0.25) is 0 Å². The maximum Gasteiger partial charge on any atom is 0.0857 e. The standard InChI is InChI=1S/C18H38O3/c1-16(2,3)10-11-19-14-15(17(4,5)6)20-12-13-21-18(7,8)9/h15H,10-14H2,1-9H3. The third-order valence-corrected chi connectivity index (χ3v) is 3.17. The molecule has 0 aliphatic carbocycles. The quantitative estimate of drug-likeness (QED) is 0.609. The summed E-state index contributed by atoms with van der Waals surface area (Å²) in [6.45, 7) is 22.1. The third kappa shape index (κ3) is 13.3. The molecule has 1 unspecified atom stereocenters. The third-order valence-electron chi connectivity index (χ3n) is 3.17. The Morgan fingerprint density at radius 2 is 1.33 bits per heavy atom. The maximum atomic E-state index is 5.98. The molecule has 0 spiro atoms. The van der Waals surface area contributed by atoms with Crippen LogP contribution in [0, 0.1) is 10.8 Å². The van der Waals surface area contributed by atoms with E-state index in [1.807, 2.05) is 0 Å². The van der Waals surface area contributed by atoms with Crippen LogP contribution in [0.15, 0.2) is 0 Å². The molecule has 0 aliphatic heterocycles. The molecule has 0 aromatic heterocycles. The average Bonchev–Trinajstić information content (AvgIpc) is 2.22. The molecule has 0 saturated heterocycles. The molecule has 0 N–H and O–H groups in total. The van der Waals surface area contributed by atoms with Crippen molar-refractivity contribution in [2.24, 2.45) is 10.8 Å². The van der Waals surface area contributed by atoms with E-state index in [9.17, 15) is 0 Å². The molecule has 1 atom stereocenters. The molecule has 0 aliphatic rings. The lowest BCUT2D eigenvalue weighted by Gasteiger charge is -2.31. The molecular weight excluding hydrogens is 264 g/mol. The van der Waals surface area contributed by atoms with Crippen LogP contribution in [0.25, 0.3) is 0 Å². The highest BCUT2D eigenvalue weighted by atomic mass is 16.6. The van der Waals surface area contributed by atoms with E-state index in [1.54, 1.807) is 0 Å². The molecule has 0 amide bonds. The van der Waals surface area contributed by atoms with Crippen LogP contribution in [0.3, 0.4) is 0 Å². The topological polar surface area (TPSA) is 27.7 Å². The summed E-state index contributed by atoms with van der Waals surface area (Å²) < 4.78 is 17.5. The van der Waals surface area contributed by atoms with E-state index >= 15 is 0 Å². The summed E-state index contributed by atoms with van der Waals surface area (Å²) in [4.78, 5) is 0. The largest absolute Gasteiger partial charge is 0.379 e. The Balaban J connectivity index is 4.06. The second kappa shape index (κ2) is 8.50. The minimum absolute atomic E-state index is 0.0729. The van der Waals surface area contributed by atoms with Gasteiger partial charge in [-0.25, -0.2) is 0 Å². The van der Waals surface area contributed by atoms with Crippen LogP contribution in [-0.2, 0) is 14.2 Å². The Morgan fingerprint density at radius 1 is 0.762 bits per heavy atom. The van der Waals surface area contributed by atoms with E-state index in [-0.39, 0.29) is 17.1 Å². The summed E-state index contributed by atoms with van der Waals surface area (Å²) in [5.41, 5.74) is 0.284. The Bertz CT molecular complexity index is 244. The first-order valence-electron chi connectivity index (χ1n) is 8.15. The van der Waals surface area contributed by atoms with Crippen LogP contribution in [-0.4, -0.2) is 38.1 Å². The first-order chi connectivity index (χ1) is 9.31. The van der Waals surface area contributed by atoms with Crippen LogP contribution >= 0.6 is 0 Å². The Labute approximate surface area is 132 Å². The monoisotopic (exact) mass is 302 g/mol. The van der Waals surface area contributed by atoms with Gasteiger partial charge in [0.2, 0.25) is 0 Å². The fraction of sp³-hybridized carbons (Fsp3) is 1.00. The molecule has 0 radical (unpaired) electrons. The molecule has 3 nitrogen and oxygen atoms in total. The van der Waals surface area contributed by atoms with E-state index in [4.69, 9.17) is 14.2 Å². The summed E-state index contributed by atoms with van der Waals surface area (Å²) >= 11 is 0. The van der Waals surface area contributed by atoms with Crippen LogP contribution in [0.1, 0.15) is 68.7 Å². The van der Waals surface area contributed by atoms with E-state index in [1.165, 1.54) is 0 Å². The van der Waals surface area contributed by atoms with Crippen molar-refractivity contribution in [1.82, 2.24) is 0 Å². The summed E-state index contributed by atoms with van der Waals surface area (Å²) in [6, 6.07) is 0. The van der Waals surface area contributed by atoms with E-state index in [0.717, 1.165) is 13.0 Å². The molecule has 0 aromatic rings. The van der Waals surface area contributed by atoms with Crippen molar-refractivity contribution in [3.8, 4) is 0 Å². The number of rotatable bonds is 8. The van der Waals surface area contributed by atoms with Gasteiger partial charge in [-0.1, -0.05) is 41.5 Å². The lowest BCUT2D eigenvalue weighted by Crippen LogP contribution is -2.35. The summed E-state index contributed by atoms with van der Waals surface area (Å²) in [6.07, 6.45) is 1.16. The molecule has 21 heavy (non-hydrogen) atoms. The molecular formula is C18H38O3. The van der Waals surface area contributed by atoms with Gasteiger partial charge in [0.15, 0.2) is 0 Å². The van der Waals surface area contributed by atoms with E-state index in [2.05, 4.69) is 62.3 Å². The molecule has 3 heteroatoms. The van der Waals surface area contributed by atoms with Gasteiger partial charge in [0, 0.05) is 6.61 Å². The normalized spacial score (nSPS) is 15.3. The molecule has 0 saturated carbocycles. The Kier molecular flexibility index (Phi) is 8.45. The Hall–Kier alpha value is -0.120.